The summed E-state index contributed by atoms with van der Waals surface area (Å²) in [6.45, 7) is 5.84. The molecule has 0 spiro atoms. The van der Waals surface area contributed by atoms with Crippen molar-refractivity contribution in [2.24, 2.45) is 4.99 Å². The van der Waals surface area contributed by atoms with Gasteiger partial charge < -0.3 is 25.0 Å². The number of rotatable bonds is 9. The number of ether oxygens (including phenoxy) is 1. The number of halogens is 3. The number of aliphatic hydroxyl groups excluding tert-OH is 1. The van der Waals surface area contributed by atoms with Crippen LogP contribution >= 0.6 is 0 Å². The average molecular weight is 414 g/mol. The molecule has 8 nitrogen and oxygen atoms in total. The van der Waals surface area contributed by atoms with Gasteiger partial charge in [-0.15, -0.1) is 23.4 Å². The van der Waals surface area contributed by atoms with Gasteiger partial charge in [-0.25, -0.2) is 0 Å². The standard InChI is InChI=1S/C18H25F3N6O2/c1-3-16-26-25-12-27(16)10-9-23-17(22-4-2)24-11-15(28)13-5-7-14(8-6-13)29-18(19,20)21/h5-8,12,15,28H,3-4,9-11H2,1-2H3,(H2,22,23,24). The third-order valence-corrected chi connectivity index (χ3v) is 3.92. The topological polar surface area (TPSA) is 96.6 Å². The normalized spacial score (nSPS) is 13.2. The number of alkyl halides is 3. The number of nitrogens with one attached hydrogen (secondary N) is 2. The number of benzene rings is 1. The Kier molecular flexibility index (Phi) is 8.25. The van der Waals surface area contributed by atoms with Crippen LogP contribution in [-0.4, -0.2) is 51.8 Å². The van der Waals surface area contributed by atoms with Crippen molar-refractivity contribution in [1.29, 1.82) is 0 Å². The van der Waals surface area contributed by atoms with E-state index in [1.165, 1.54) is 12.1 Å². The summed E-state index contributed by atoms with van der Waals surface area (Å²) in [4.78, 5) is 4.33. The molecule has 0 aliphatic heterocycles. The Morgan fingerprint density at radius 1 is 1.24 bits per heavy atom. The fourth-order valence-corrected chi connectivity index (χ4v) is 2.55. The number of hydrogen-bond donors (Lipinski definition) is 3. The maximum atomic E-state index is 12.2. The minimum absolute atomic E-state index is 0.0433. The molecule has 160 valence electrons. The Hall–Kier alpha value is -2.82. The van der Waals surface area contributed by atoms with Gasteiger partial charge in [0, 0.05) is 26.1 Å². The summed E-state index contributed by atoms with van der Waals surface area (Å²) in [6.07, 6.45) is -3.26. The summed E-state index contributed by atoms with van der Waals surface area (Å²) in [7, 11) is 0. The first-order valence-corrected chi connectivity index (χ1v) is 9.25. The van der Waals surface area contributed by atoms with Crippen LogP contribution in [0.25, 0.3) is 0 Å². The average Bonchev–Trinajstić information content (AvgIpc) is 3.12. The van der Waals surface area contributed by atoms with E-state index in [4.69, 9.17) is 0 Å². The molecule has 29 heavy (non-hydrogen) atoms. The van der Waals surface area contributed by atoms with Crippen LogP contribution in [0.15, 0.2) is 35.6 Å². The number of nitrogens with zero attached hydrogens (tertiary/aromatic N) is 4. The molecule has 1 unspecified atom stereocenters. The van der Waals surface area contributed by atoms with Crippen LogP contribution in [0, 0.1) is 0 Å². The third-order valence-electron chi connectivity index (χ3n) is 3.92. The summed E-state index contributed by atoms with van der Waals surface area (Å²) < 4.78 is 42.4. The molecule has 11 heteroatoms. The first-order chi connectivity index (χ1) is 13.8. The molecular formula is C18H25F3N6O2. The highest BCUT2D eigenvalue weighted by Gasteiger charge is 2.31. The van der Waals surface area contributed by atoms with Gasteiger partial charge in [-0.1, -0.05) is 19.1 Å². The molecule has 2 aromatic rings. The Balaban J connectivity index is 1.89. The van der Waals surface area contributed by atoms with E-state index in [9.17, 15) is 18.3 Å². The van der Waals surface area contributed by atoms with Gasteiger partial charge in [0.1, 0.15) is 17.9 Å². The van der Waals surface area contributed by atoms with E-state index in [-0.39, 0.29) is 12.3 Å². The van der Waals surface area contributed by atoms with Crippen molar-refractivity contribution >= 4 is 5.96 Å². The maximum Gasteiger partial charge on any atom is 0.573 e. The number of aliphatic imine (C=N–C) groups is 1. The second-order valence-electron chi connectivity index (χ2n) is 6.07. The summed E-state index contributed by atoms with van der Waals surface area (Å²) in [5.41, 5.74) is 0.441. The van der Waals surface area contributed by atoms with Crippen molar-refractivity contribution in [1.82, 2.24) is 25.4 Å². The Morgan fingerprint density at radius 2 is 1.97 bits per heavy atom. The zero-order valence-electron chi connectivity index (χ0n) is 16.3. The highest BCUT2D eigenvalue weighted by Crippen LogP contribution is 2.24. The number of aliphatic hydroxyl groups is 1. The summed E-state index contributed by atoms with van der Waals surface area (Å²) in [6, 6.07) is 5.06. The van der Waals surface area contributed by atoms with Crippen LogP contribution in [-0.2, 0) is 13.0 Å². The zero-order chi connectivity index (χ0) is 21.3. The molecule has 0 saturated heterocycles. The van der Waals surface area contributed by atoms with Gasteiger partial charge in [-0.2, -0.15) is 0 Å². The minimum atomic E-state index is -4.75. The summed E-state index contributed by atoms with van der Waals surface area (Å²) >= 11 is 0. The van der Waals surface area contributed by atoms with Gasteiger partial charge in [-0.3, -0.25) is 4.99 Å². The monoisotopic (exact) mass is 414 g/mol. The smallest absolute Gasteiger partial charge is 0.406 e. The summed E-state index contributed by atoms with van der Waals surface area (Å²) in [5, 5.41) is 24.4. The largest absolute Gasteiger partial charge is 0.573 e. The molecule has 0 radical (unpaired) electrons. The lowest BCUT2D eigenvalue weighted by atomic mass is 10.1. The molecule has 0 amide bonds. The highest BCUT2D eigenvalue weighted by atomic mass is 19.4. The second kappa shape index (κ2) is 10.6. The molecule has 0 saturated carbocycles. The predicted molar refractivity (Wildman–Crippen MR) is 101 cm³/mol. The van der Waals surface area contributed by atoms with E-state index in [1.807, 2.05) is 18.4 Å². The Morgan fingerprint density at radius 3 is 2.59 bits per heavy atom. The SMILES string of the molecule is CCNC(=NCC(O)c1ccc(OC(F)(F)F)cc1)NCCn1cnnc1CC. The van der Waals surface area contributed by atoms with Gasteiger partial charge in [-0.05, 0) is 24.6 Å². The van der Waals surface area contributed by atoms with Crippen molar-refractivity contribution in [2.45, 2.75) is 39.3 Å². The van der Waals surface area contributed by atoms with Gasteiger partial charge in [0.2, 0.25) is 0 Å². The molecule has 1 aromatic carbocycles. The lowest BCUT2D eigenvalue weighted by Crippen LogP contribution is -2.39. The lowest BCUT2D eigenvalue weighted by Gasteiger charge is -2.14. The second-order valence-corrected chi connectivity index (χ2v) is 6.07. The molecule has 0 fully saturated rings. The van der Waals surface area contributed by atoms with E-state index in [0.717, 1.165) is 24.4 Å². The van der Waals surface area contributed by atoms with Gasteiger partial charge >= 0.3 is 6.36 Å². The highest BCUT2D eigenvalue weighted by molar-refractivity contribution is 5.79. The van der Waals surface area contributed by atoms with Crippen LogP contribution in [0.2, 0.25) is 0 Å². The third kappa shape index (κ3) is 7.60. The Bertz CT molecular complexity index is 777. The quantitative estimate of drug-likeness (QED) is 0.429. The van der Waals surface area contributed by atoms with Crippen molar-refractivity contribution < 1.29 is 23.0 Å². The number of aromatic nitrogens is 3. The molecule has 0 aliphatic rings. The fraction of sp³-hybridized carbons (Fsp3) is 0.500. The molecule has 3 N–H and O–H groups in total. The molecule has 0 bridgehead atoms. The fourth-order valence-electron chi connectivity index (χ4n) is 2.55. The van der Waals surface area contributed by atoms with Crippen molar-refractivity contribution in [3.8, 4) is 5.75 Å². The molecule has 0 aliphatic carbocycles. The minimum Gasteiger partial charge on any atom is -0.406 e. The molecular weight excluding hydrogens is 389 g/mol. The lowest BCUT2D eigenvalue weighted by molar-refractivity contribution is -0.274. The van der Waals surface area contributed by atoms with E-state index in [1.54, 1.807) is 6.33 Å². The number of guanidine groups is 1. The van der Waals surface area contributed by atoms with Crippen LogP contribution in [0.3, 0.4) is 0 Å². The van der Waals surface area contributed by atoms with Gasteiger partial charge in [0.25, 0.3) is 0 Å². The number of aryl methyl sites for hydroxylation is 1. The Labute approximate surface area is 166 Å². The number of hydrogen-bond acceptors (Lipinski definition) is 5. The summed E-state index contributed by atoms with van der Waals surface area (Å²) in [5.74, 6) is 1.07. The first kappa shape index (κ1) is 22.5. The zero-order valence-corrected chi connectivity index (χ0v) is 16.3. The van der Waals surface area contributed by atoms with Crippen LogP contribution in [0.4, 0.5) is 13.2 Å². The molecule has 1 aromatic heterocycles. The van der Waals surface area contributed by atoms with Crippen LogP contribution in [0.1, 0.15) is 31.3 Å². The van der Waals surface area contributed by atoms with E-state index in [2.05, 4.69) is 30.6 Å². The van der Waals surface area contributed by atoms with E-state index in [0.29, 0.717) is 31.2 Å². The van der Waals surface area contributed by atoms with E-state index < -0.39 is 12.5 Å². The molecule has 1 heterocycles. The molecule has 1 atom stereocenters. The van der Waals surface area contributed by atoms with E-state index >= 15 is 0 Å². The van der Waals surface area contributed by atoms with Crippen molar-refractivity contribution in [3.05, 3.63) is 42.0 Å². The van der Waals surface area contributed by atoms with Gasteiger partial charge in [0.05, 0.1) is 12.6 Å². The van der Waals surface area contributed by atoms with Crippen molar-refractivity contribution in [2.75, 3.05) is 19.6 Å². The molecule has 2 rings (SSSR count). The van der Waals surface area contributed by atoms with Gasteiger partial charge in [0.15, 0.2) is 5.96 Å². The van der Waals surface area contributed by atoms with Crippen molar-refractivity contribution in [3.63, 3.8) is 0 Å². The first-order valence-electron chi connectivity index (χ1n) is 9.25. The van der Waals surface area contributed by atoms with Crippen LogP contribution < -0.4 is 15.4 Å². The van der Waals surface area contributed by atoms with Crippen LogP contribution in [0.5, 0.6) is 5.75 Å². The predicted octanol–water partition coefficient (Wildman–Crippen LogP) is 2.03. The maximum absolute atomic E-state index is 12.2.